The molecule has 8 heteroatoms. The minimum Gasteiger partial charge on any atom is -0.349 e. The van der Waals surface area contributed by atoms with Crippen LogP contribution in [0, 0.1) is 23.4 Å². The number of anilines is 1. The van der Waals surface area contributed by atoms with E-state index in [2.05, 4.69) is 10.6 Å². The number of nitrogens with zero attached hydrogens (tertiary/aromatic N) is 1. The molecule has 0 radical (unpaired) electrons. The first-order valence-corrected chi connectivity index (χ1v) is 9.23. The molecule has 29 heavy (non-hydrogen) atoms. The van der Waals surface area contributed by atoms with Gasteiger partial charge >= 0.3 is 6.03 Å². The summed E-state index contributed by atoms with van der Waals surface area (Å²) in [4.78, 5) is 26.4. The molecule has 0 bridgehead atoms. The maximum atomic E-state index is 13.3. The molecule has 5 nitrogen and oxygen atoms in total. The first-order chi connectivity index (χ1) is 13.7. The molecule has 3 amide bonds. The predicted octanol–water partition coefficient (Wildman–Crippen LogP) is 3.88. The summed E-state index contributed by atoms with van der Waals surface area (Å²) >= 11 is 0. The maximum Gasteiger partial charge on any atom is 0.319 e. The number of carbonyl (C=O) groups is 2. The summed E-state index contributed by atoms with van der Waals surface area (Å²) in [5.41, 5.74) is 0.817. The van der Waals surface area contributed by atoms with Gasteiger partial charge in [-0.25, -0.2) is 18.0 Å². The van der Waals surface area contributed by atoms with Crippen molar-refractivity contribution >= 4 is 17.6 Å². The second kappa shape index (κ2) is 8.55. The van der Waals surface area contributed by atoms with Gasteiger partial charge in [0.05, 0.1) is 0 Å². The average Bonchev–Trinajstić information content (AvgIpc) is 3.04. The Bertz CT molecular complexity index is 882. The van der Waals surface area contributed by atoms with E-state index in [1.807, 2.05) is 0 Å². The Labute approximate surface area is 166 Å². The molecule has 1 aliphatic carbocycles. The summed E-state index contributed by atoms with van der Waals surface area (Å²) in [5, 5.41) is 5.17. The van der Waals surface area contributed by atoms with Gasteiger partial charge in [0.25, 0.3) is 0 Å². The van der Waals surface area contributed by atoms with Gasteiger partial charge in [0.2, 0.25) is 5.91 Å². The van der Waals surface area contributed by atoms with Crippen molar-refractivity contribution in [3.8, 4) is 0 Å². The van der Waals surface area contributed by atoms with E-state index < -0.39 is 17.7 Å². The highest BCUT2D eigenvalue weighted by Crippen LogP contribution is 2.40. The number of urea groups is 1. The molecule has 3 atom stereocenters. The van der Waals surface area contributed by atoms with E-state index in [-0.39, 0.29) is 35.3 Å². The molecule has 0 heterocycles. The van der Waals surface area contributed by atoms with E-state index in [0.717, 1.165) is 17.7 Å². The van der Waals surface area contributed by atoms with Crippen molar-refractivity contribution in [2.24, 2.45) is 5.92 Å². The molecule has 2 aromatic rings. The monoisotopic (exact) mass is 405 g/mol. The molecule has 1 saturated carbocycles. The zero-order valence-corrected chi connectivity index (χ0v) is 16.1. The smallest absolute Gasteiger partial charge is 0.319 e. The molecular formula is C21H22F3N3O2. The summed E-state index contributed by atoms with van der Waals surface area (Å²) in [6.07, 6.45) is 0.894. The molecule has 1 aliphatic rings. The van der Waals surface area contributed by atoms with Crippen molar-refractivity contribution in [2.75, 3.05) is 19.4 Å². The lowest BCUT2D eigenvalue weighted by molar-refractivity contribution is -0.133. The zero-order chi connectivity index (χ0) is 21.1. The quantitative estimate of drug-likeness (QED) is 0.811. The largest absolute Gasteiger partial charge is 0.349 e. The van der Waals surface area contributed by atoms with Crippen LogP contribution in [-0.2, 0) is 4.79 Å². The van der Waals surface area contributed by atoms with Crippen LogP contribution in [-0.4, -0.2) is 37.0 Å². The molecule has 2 N–H and O–H groups in total. The van der Waals surface area contributed by atoms with Crippen LogP contribution in [0.25, 0.3) is 0 Å². The zero-order valence-electron chi connectivity index (χ0n) is 16.1. The molecule has 0 aromatic heterocycles. The number of benzene rings is 2. The maximum absolute atomic E-state index is 13.3. The van der Waals surface area contributed by atoms with E-state index in [4.69, 9.17) is 0 Å². The Morgan fingerprint density at radius 3 is 2.14 bits per heavy atom. The van der Waals surface area contributed by atoms with E-state index in [9.17, 15) is 22.8 Å². The minimum atomic E-state index is -0.797. The van der Waals surface area contributed by atoms with Crippen molar-refractivity contribution in [1.82, 2.24) is 10.2 Å². The topological polar surface area (TPSA) is 61.4 Å². The Morgan fingerprint density at radius 1 is 0.931 bits per heavy atom. The molecule has 0 spiro atoms. The highest BCUT2D eigenvalue weighted by molar-refractivity contribution is 5.89. The first-order valence-electron chi connectivity index (χ1n) is 9.23. The van der Waals surface area contributed by atoms with Gasteiger partial charge in [0, 0.05) is 37.8 Å². The third-order valence-electron chi connectivity index (χ3n) is 5.07. The Hall–Kier alpha value is -3.03. The van der Waals surface area contributed by atoms with E-state index >= 15 is 0 Å². The fourth-order valence-corrected chi connectivity index (χ4v) is 3.82. The second-order valence-electron chi connectivity index (χ2n) is 7.42. The Balaban J connectivity index is 1.72. The lowest BCUT2D eigenvalue weighted by Gasteiger charge is -2.22. The van der Waals surface area contributed by atoms with E-state index in [0.29, 0.717) is 18.9 Å². The number of carbonyl (C=O) groups excluding carboxylic acids is 2. The molecule has 0 unspecified atom stereocenters. The van der Waals surface area contributed by atoms with Crippen LogP contribution in [0.3, 0.4) is 0 Å². The molecule has 0 saturated heterocycles. The SMILES string of the molecule is CN(C)C(=O)[C@H]1C[C@@H](NC(=O)Nc2cc(F)cc(F)c2)C[C@@H]1c1ccc(F)cc1. The van der Waals surface area contributed by atoms with Crippen LogP contribution in [0.5, 0.6) is 0 Å². The number of halogens is 3. The number of hydrogen-bond donors (Lipinski definition) is 2. The standard InChI is InChI=1S/C21H22F3N3O2/c1-27(2)20(28)19-11-17(10-18(19)12-3-5-13(22)6-4-12)26-21(29)25-16-8-14(23)7-15(24)9-16/h3-9,17-19H,10-11H2,1-2H3,(H2,25,26,29)/t17-,18+,19-/m0/s1. The summed E-state index contributed by atoms with van der Waals surface area (Å²) in [7, 11) is 3.33. The first kappa shape index (κ1) is 20.7. The van der Waals surface area contributed by atoms with Gasteiger partial charge in [0.1, 0.15) is 17.5 Å². The number of rotatable bonds is 4. The van der Waals surface area contributed by atoms with Crippen molar-refractivity contribution in [3.05, 3.63) is 65.5 Å². The summed E-state index contributed by atoms with van der Waals surface area (Å²) in [5.74, 6) is -2.58. The fraction of sp³-hybridized carbons (Fsp3) is 0.333. The highest BCUT2D eigenvalue weighted by atomic mass is 19.1. The van der Waals surface area contributed by atoms with Crippen LogP contribution in [0.4, 0.5) is 23.7 Å². The summed E-state index contributed by atoms with van der Waals surface area (Å²) < 4.78 is 39.8. The van der Waals surface area contributed by atoms with Crippen LogP contribution in [0.15, 0.2) is 42.5 Å². The van der Waals surface area contributed by atoms with Crippen molar-refractivity contribution < 1.29 is 22.8 Å². The van der Waals surface area contributed by atoms with Crippen molar-refractivity contribution in [1.29, 1.82) is 0 Å². The highest BCUT2D eigenvalue weighted by Gasteiger charge is 2.40. The molecule has 2 aromatic carbocycles. The Kier molecular flexibility index (Phi) is 6.10. The van der Waals surface area contributed by atoms with E-state index in [1.54, 1.807) is 26.2 Å². The molecule has 3 rings (SSSR count). The van der Waals surface area contributed by atoms with Gasteiger partial charge in [-0.3, -0.25) is 4.79 Å². The van der Waals surface area contributed by atoms with Gasteiger partial charge in [-0.15, -0.1) is 0 Å². The molecular weight excluding hydrogens is 383 g/mol. The minimum absolute atomic E-state index is 0.00556. The molecule has 154 valence electrons. The Morgan fingerprint density at radius 2 is 1.55 bits per heavy atom. The van der Waals surface area contributed by atoms with Crippen LogP contribution >= 0.6 is 0 Å². The van der Waals surface area contributed by atoms with Gasteiger partial charge in [-0.05, 0) is 48.6 Å². The third kappa shape index (κ3) is 5.07. The predicted molar refractivity (Wildman–Crippen MR) is 103 cm³/mol. The van der Waals surface area contributed by atoms with Crippen molar-refractivity contribution in [2.45, 2.75) is 24.8 Å². The van der Waals surface area contributed by atoms with Gasteiger partial charge in [0.15, 0.2) is 0 Å². The molecule has 0 aliphatic heterocycles. The average molecular weight is 405 g/mol. The number of hydrogen-bond acceptors (Lipinski definition) is 2. The van der Waals surface area contributed by atoms with Gasteiger partial charge in [-0.2, -0.15) is 0 Å². The summed E-state index contributed by atoms with van der Waals surface area (Å²) in [6, 6.07) is 7.78. The third-order valence-corrected chi connectivity index (χ3v) is 5.07. The van der Waals surface area contributed by atoms with Crippen LogP contribution in [0.1, 0.15) is 24.3 Å². The number of nitrogens with one attached hydrogen (secondary N) is 2. The van der Waals surface area contributed by atoms with Gasteiger partial charge < -0.3 is 15.5 Å². The lowest BCUT2D eigenvalue weighted by Crippen LogP contribution is -2.37. The normalized spacial score (nSPS) is 20.9. The van der Waals surface area contributed by atoms with Crippen molar-refractivity contribution in [3.63, 3.8) is 0 Å². The fourth-order valence-electron chi connectivity index (χ4n) is 3.82. The summed E-state index contributed by atoms with van der Waals surface area (Å²) in [6.45, 7) is 0. The van der Waals surface area contributed by atoms with Gasteiger partial charge in [-0.1, -0.05) is 12.1 Å². The molecule has 1 fully saturated rings. The van der Waals surface area contributed by atoms with Crippen LogP contribution < -0.4 is 10.6 Å². The van der Waals surface area contributed by atoms with Crippen LogP contribution in [0.2, 0.25) is 0 Å². The number of amides is 3. The lowest BCUT2D eigenvalue weighted by atomic mass is 9.88. The van der Waals surface area contributed by atoms with E-state index in [1.165, 1.54) is 17.0 Å². The second-order valence-corrected chi connectivity index (χ2v) is 7.42.